The van der Waals surface area contributed by atoms with Crippen molar-refractivity contribution in [1.29, 1.82) is 0 Å². The number of thiol groups is 4. The number of thiocarbonyl (C=S) groups is 1. The second-order valence-electron chi connectivity index (χ2n) is 19.9. The smallest absolute Gasteiger partial charge is 0.323 e. The molecule has 0 spiro atoms. The number of unbranched alkanes of at least 4 members (excludes halogenated alkanes) is 36. The third-order valence-electron chi connectivity index (χ3n) is 13.8. The zero-order valence-electron chi connectivity index (χ0n) is 43.3. The molecule has 0 aliphatic heterocycles. The zero-order valence-corrected chi connectivity index (χ0v) is 47.7. The summed E-state index contributed by atoms with van der Waals surface area (Å²) in [5.41, 5.74) is 0.235. The minimum absolute atomic E-state index is 0.0773. The normalized spacial score (nSPS) is 13.7. The highest BCUT2D eigenvalue weighted by molar-refractivity contribution is 7.86. The first-order valence-corrected chi connectivity index (χ1v) is 30.6. The van der Waals surface area contributed by atoms with Crippen molar-refractivity contribution in [3.63, 3.8) is 0 Å². The van der Waals surface area contributed by atoms with Gasteiger partial charge in [0, 0.05) is 29.4 Å². The maximum atomic E-state index is 13.5. The van der Waals surface area contributed by atoms with Crippen molar-refractivity contribution in [3.05, 3.63) is 5.57 Å². The first kappa shape index (κ1) is 66.7. The van der Waals surface area contributed by atoms with E-state index in [-0.39, 0.29) is 28.8 Å². The molecule has 0 aromatic heterocycles. The molecule has 0 rings (SSSR count). The van der Waals surface area contributed by atoms with Crippen LogP contribution in [-0.2, 0) is 23.9 Å². The van der Waals surface area contributed by atoms with Gasteiger partial charge in [-0.2, -0.15) is 50.5 Å². The highest BCUT2D eigenvalue weighted by atomic mass is 32.1. The topological polar surface area (TPSA) is 89.9 Å². The first-order chi connectivity index (χ1) is 32.6. The van der Waals surface area contributed by atoms with Gasteiger partial charge in [-0.15, -0.1) is 0 Å². The van der Waals surface area contributed by atoms with Gasteiger partial charge in [0.25, 0.3) is 0 Å². The van der Waals surface area contributed by atoms with E-state index in [1.807, 2.05) is 5.94 Å². The molecule has 0 amide bonds. The first-order valence-electron chi connectivity index (χ1n) is 28.0. The van der Waals surface area contributed by atoms with Crippen LogP contribution in [0.3, 0.4) is 0 Å². The van der Waals surface area contributed by atoms with E-state index < -0.39 is 21.4 Å². The molecule has 6 nitrogen and oxygen atoms in total. The van der Waals surface area contributed by atoms with Crippen LogP contribution in [0, 0.1) is 5.92 Å². The van der Waals surface area contributed by atoms with Gasteiger partial charge in [-0.3, -0.25) is 9.59 Å². The predicted octanol–water partition coefficient (Wildman–Crippen LogP) is 18.0. The summed E-state index contributed by atoms with van der Waals surface area (Å²) in [4.78, 5) is 38.6. The number of rotatable bonds is 52. The van der Waals surface area contributed by atoms with Gasteiger partial charge in [0.05, 0.1) is 13.2 Å². The Balaban J connectivity index is 4.35. The Morgan fingerprint density at radius 3 is 1.12 bits per heavy atom. The van der Waals surface area contributed by atoms with E-state index in [1.165, 1.54) is 173 Å². The van der Waals surface area contributed by atoms with Crippen LogP contribution in [-0.4, -0.2) is 62.3 Å². The lowest BCUT2D eigenvalue weighted by atomic mass is 9.81. The average molecular weight is 1030 g/mol. The Labute approximate surface area is 441 Å². The monoisotopic (exact) mass is 1030 g/mol. The number of carbonyl (C=O) groups excluding carboxylic acids is 3. The van der Waals surface area contributed by atoms with E-state index in [2.05, 4.69) is 39.1 Å². The van der Waals surface area contributed by atoms with Crippen molar-refractivity contribution in [2.75, 3.05) is 24.7 Å². The molecule has 0 aliphatic rings. The Morgan fingerprint density at radius 1 is 0.493 bits per heavy atom. The maximum absolute atomic E-state index is 13.5. The summed E-state index contributed by atoms with van der Waals surface area (Å²) in [6.07, 6.45) is 49.0. The molecule has 0 aromatic carbocycles. The van der Waals surface area contributed by atoms with Gasteiger partial charge in [0.1, 0.15) is 15.4 Å². The van der Waals surface area contributed by atoms with Crippen LogP contribution in [0.25, 0.3) is 0 Å². The van der Waals surface area contributed by atoms with Crippen LogP contribution >= 0.6 is 62.7 Å². The molecular formula is C56H104O6S5. The molecule has 11 heteroatoms. The molecule has 3 atom stereocenters. The maximum Gasteiger partial charge on any atom is 0.323 e. The number of aliphatic hydroxyl groups is 1. The number of aliphatic hydroxyl groups excluding tert-OH is 1. The van der Waals surface area contributed by atoms with Gasteiger partial charge in [0.2, 0.25) is 0 Å². The van der Waals surface area contributed by atoms with Gasteiger partial charge in [-0.25, -0.2) is 4.79 Å². The largest absolute Gasteiger partial charge is 0.502 e. The summed E-state index contributed by atoms with van der Waals surface area (Å²) in [5.74, 6) is 1.05. The van der Waals surface area contributed by atoms with Crippen molar-refractivity contribution in [2.24, 2.45) is 5.92 Å². The molecule has 0 saturated carbocycles. The summed E-state index contributed by atoms with van der Waals surface area (Å²) >= 11 is 23.5. The molecule has 0 aliphatic carbocycles. The number of esters is 2. The van der Waals surface area contributed by atoms with Crippen molar-refractivity contribution in [2.45, 2.75) is 293 Å². The molecule has 394 valence electrons. The molecule has 0 heterocycles. The Hall–Kier alpha value is -0.320. The van der Waals surface area contributed by atoms with Gasteiger partial charge in [-0.1, -0.05) is 251 Å². The molecule has 3 unspecified atom stereocenters. The summed E-state index contributed by atoms with van der Waals surface area (Å²) in [5, 5.41) is 9.61. The highest BCUT2D eigenvalue weighted by Crippen LogP contribution is 2.38. The molecule has 0 radical (unpaired) electrons. The van der Waals surface area contributed by atoms with E-state index in [1.54, 1.807) is 0 Å². The fourth-order valence-corrected chi connectivity index (χ4v) is 10.6. The highest BCUT2D eigenvalue weighted by Gasteiger charge is 2.45. The molecule has 1 N–H and O–H groups in total. The van der Waals surface area contributed by atoms with E-state index in [9.17, 15) is 19.5 Å². The van der Waals surface area contributed by atoms with Gasteiger partial charge in [0.15, 0.2) is 5.05 Å². The van der Waals surface area contributed by atoms with Crippen LogP contribution in [0.15, 0.2) is 5.57 Å². The van der Waals surface area contributed by atoms with E-state index in [0.717, 1.165) is 77.0 Å². The molecule has 0 bridgehead atoms. The van der Waals surface area contributed by atoms with Crippen LogP contribution in [0.5, 0.6) is 0 Å². The molecule has 0 fully saturated rings. The summed E-state index contributed by atoms with van der Waals surface area (Å²) in [6, 6.07) is 0. The number of carbonyl (C=O) groups is 2. The number of ether oxygens (including phenoxy) is 2. The van der Waals surface area contributed by atoms with Crippen LogP contribution in [0.4, 0.5) is 0 Å². The van der Waals surface area contributed by atoms with E-state index in [4.69, 9.17) is 46.9 Å². The average Bonchev–Trinajstić information content (AvgIpc) is 3.32. The van der Waals surface area contributed by atoms with Crippen molar-refractivity contribution in [3.8, 4) is 0 Å². The summed E-state index contributed by atoms with van der Waals surface area (Å²) in [6.45, 7) is 5.31. The lowest BCUT2D eigenvalue weighted by Crippen LogP contribution is -2.45. The predicted molar refractivity (Wildman–Crippen MR) is 306 cm³/mol. The van der Waals surface area contributed by atoms with E-state index in [0.29, 0.717) is 31.8 Å². The molecular weight excluding hydrogens is 929 g/mol. The molecule has 0 saturated heterocycles. The van der Waals surface area contributed by atoms with Crippen molar-refractivity contribution in [1.82, 2.24) is 0 Å². The zero-order chi connectivity index (χ0) is 49.5. The lowest BCUT2D eigenvalue weighted by molar-refractivity contribution is -0.147. The Bertz CT molecular complexity index is 1230. The Kier molecular flexibility index (Phi) is 47.7. The van der Waals surface area contributed by atoms with E-state index >= 15 is 0 Å². The second-order valence-corrected chi connectivity index (χ2v) is 22.7. The number of hydrogen-bond acceptors (Lipinski definition) is 10. The lowest BCUT2D eigenvalue weighted by Gasteiger charge is -2.34. The third-order valence-corrected chi connectivity index (χ3v) is 16.6. The Morgan fingerprint density at radius 2 is 0.806 bits per heavy atom. The van der Waals surface area contributed by atoms with Crippen molar-refractivity contribution >= 4 is 85.7 Å². The molecule has 0 aromatic rings. The minimum Gasteiger partial charge on any atom is -0.502 e. The van der Waals surface area contributed by atoms with Crippen LogP contribution in [0.1, 0.15) is 284 Å². The minimum atomic E-state index is -1.34. The summed E-state index contributed by atoms with van der Waals surface area (Å²) < 4.78 is 9.21. The fraction of sp³-hybridized carbons (Fsp3) is 0.911. The van der Waals surface area contributed by atoms with Gasteiger partial charge >= 0.3 is 11.9 Å². The third kappa shape index (κ3) is 37.1. The van der Waals surface area contributed by atoms with Gasteiger partial charge in [-0.05, 0) is 37.9 Å². The quantitative estimate of drug-likeness (QED) is 0.0136. The number of hydrogen-bond donors (Lipinski definition) is 5. The molecule has 67 heavy (non-hydrogen) atoms. The standard InChI is InChI=1S/C56H104O6S5/c1-3-5-7-9-11-13-15-17-19-21-23-25-27-32-36-40-44-61-53(59)55(66,48-63)43-39-35-31-29-30-34-38-42-51(50(47-57)46-52(58)65)56(67,49-64)54(60)62-45-41-37-33-28-26-24-22-20-18-16-14-12-10-8-6-4-2/h51,63-64,66-67H,3-46,48-49H2,1-2H3,(H,58,65). The van der Waals surface area contributed by atoms with Crippen molar-refractivity contribution < 1.29 is 29.0 Å². The van der Waals surface area contributed by atoms with Crippen LogP contribution in [0.2, 0.25) is 0 Å². The summed E-state index contributed by atoms with van der Waals surface area (Å²) in [7, 11) is 0. The fourth-order valence-electron chi connectivity index (χ4n) is 9.20. The second kappa shape index (κ2) is 48.0. The van der Waals surface area contributed by atoms with Crippen LogP contribution < -0.4 is 0 Å². The van der Waals surface area contributed by atoms with Gasteiger partial charge < -0.3 is 14.6 Å². The SMILES string of the molecule is CCCCCCCCCCCCCCCCCCOC(=O)C(S)(CS)CCCCCCCCCC(C(=C=O)CC(O)=S)C(S)(CS)C(=O)OCCCCCCCCCCCCCCCCCC.